The van der Waals surface area contributed by atoms with Crippen molar-refractivity contribution in [1.29, 1.82) is 0 Å². The van der Waals surface area contributed by atoms with Crippen LogP contribution in [0.25, 0.3) is 0 Å². The zero-order valence-electron chi connectivity index (χ0n) is 36.7. The third-order valence-corrected chi connectivity index (χ3v) is 46.8. The highest BCUT2D eigenvalue weighted by molar-refractivity contribution is 7.03. The molecule has 4 rings (SSSR count). The first-order valence-electron chi connectivity index (χ1n) is 19.3. The van der Waals surface area contributed by atoms with Gasteiger partial charge in [0.05, 0.1) is 0 Å². The van der Waals surface area contributed by atoms with Crippen LogP contribution in [0, 0.1) is 0 Å². The summed E-state index contributed by atoms with van der Waals surface area (Å²) in [5, 5.41) is 2.51. The first-order chi connectivity index (χ1) is 24.1. The summed E-state index contributed by atoms with van der Waals surface area (Å²) >= 11 is 0. The predicted octanol–water partition coefficient (Wildman–Crippen LogP) is 8.04. The Balaban J connectivity index is 2.14. The Morgan fingerprint density at radius 2 is 0.926 bits per heavy atom. The van der Waals surface area contributed by atoms with Gasteiger partial charge in [-0.25, -0.2) is 0 Å². The van der Waals surface area contributed by atoms with Gasteiger partial charge in [-0.3, -0.25) is 0 Å². The van der Waals surface area contributed by atoms with Crippen LogP contribution in [-0.4, -0.2) is 93.7 Å². The largest absolute Gasteiger partial charge is 0.512 e. The van der Waals surface area contributed by atoms with E-state index in [1.54, 1.807) is 0 Å². The quantitative estimate of drug-likeness (QED) is 0.218. The molecule has 2 heterocycles. The van der Waals surface area contributed by atoms with Crippen molar-refractivity contribution in [2.45, 2.75) is 136 Å². The number of fused-ring (bicyclic) bond motifs is 3. The fourth-order valence-electron chi connectivity index (χ4n) is 6.80. The van der Waals surface area contributed by atoms with E-state index in [1.807, 2.05) is 24.3 Å². The summed E-state index contributed by atoms with van der Waals surface area (Å²) in [7, 11) is -32.2. The molecule has 2 aliphatic rings. The molecule has 306 valence electrons. The molecular formula is C33H70O10Si11. The summed E-state index contributed by atoms with van der Waals surface area (Å²) < 4.78 is 74.4. The van der Waals surface area contributed by atoms with E-state index in [4.69, 9.17) is 41.2 Å². The van der Waals surface area contributed by atoms with Gasteiger partial charge in [-0.1, -0.05) is 74.2 Å². The molecule has 10 nitrogen and oxygen atoms in total. The van der Waals surface area contributed by atoms with Gasteiger partial charge >= 0.3 is 60.7 Å². The lowest BCUT2D eigenvalue weighted by Crippen LogP contribution is -2.80. The van der Waals surface area contributed by atoms with Crippen molar-refractivity contribution in [2.75, 3.05) is 0 Å². The van der Waals surface area contributed by atoms with Crippen molar-refractivity contribution in [3.63, 3.8) is 0 Å². The van der Waals surface area contributed by atoms with E-state index in [1.165, 1.54) is 0 Å². The van der Waals surface area contributed by atoms with Crippen molar-refractivity contribution in [2.24, 2.45) is 0 Å². The zero-order chi connectivity index (χ0) is 41.1. The monoisotopic (exact) mass is 934 g/mol. The van der Waals surface area contributed by atoms with Crippen LogP contribution in [0.3, 0.4) is 0 Å². The van der Waals surface area contributed by atoms with E-state index in [-0.39, 0.29) is 0 Å². The highest BCUT2D eigenvalue weighted by Gasteiger charge is 2.67. The molecule has 2 aliphatic heterocycles. The third kappa shape index (κ3) is 13.0. The Morgan fingerprint density at radius 3 is 1.43 bits per heavy atom. The van der Waals surface area contributed by atoms with E-state index < -0.39 is 93.7 Å². The van der Waals surface area contributed by atoms with Crippen LogP contribution in [0.5, 0.6) is 0 Å². The number of hydrogen-bond donors (Lipinski definition) is 0. The van der Waals surface area contributed by atoms with Crippen LogP contribution < -0.4 is 15.6 Å². The Labute approximate surface area is 339 Å². The molecule has 2 aromatic rings. The standard InChI is InChI=1S/C33H70O10Si11/c1-44(2,3)28-29-51(19)38-50(17,18)41-54(43-52(42-51,34-45(4,5)6)31-24-21-20-22-25-31)33-27-23-26-32(30-33)53(35-46(7,8)9,36-47(10,11)12)39-48(13,14)37-49(15,16)40-54/h20-27,30H,28-29H2,1-19H3. The molecular weight excluding hydrogens is 865 g/mol. The second kappa shape index (κ2) is 15.8. The highest BCUT2D eigenvalue weighted by atomic mass is 28.6. The van der Waals surface area contributed by atoms with Crippen LogP contribution in [-0.2, 0) is 41.2 Å². The lowest BCUT2D eigenvalue weighted by molar-refractivity contribution is 0.142. The lowest BCUT2D eigenvalue weighted by Gasteiger charge is -2.53. The predicted molar refractivity (Wildman–Crippen MR) is 247 cm³/mol. The van der Waals surface area contributed by atoms with Gasteiger partial charge in [0.25, 0.3) is 0 Å². The van der Waals surface area contributed by atoms with E-state index in [0.717, 1.165) is 27.6 Å². The minimum Gasteiger partial charge on any atom is -0.416 e. The highest BCUT2D eigenvalue weighted by Crippen LogP contribution is 2.39. The molecule has 0 saturated carbocycles. The normalized spacial score (nSPS) is 28.9. The SMILES string of the molecule is C[Si](C)(C)CC[Si]1(C)O[Si](C)(C)O[Si]2(O[Si](C)(C)O[Si](C)(C)O[Si](O[Si](C)(C)C)(O[Si](C)(C)C)c3cccc2c3)O[Si](O[Si](C)(C)C)(c2ccccc2)O1. The maximum absolute atomic E-state index is 7.88. The van der Waals surface area contributed by atoms with Crippen molar-refractivity contribution < 1.29 is 41.2 Å². The van der Waals surface area contributed by atoms with E-state index in [9.17, 15) is 0 Å². The average molecular weight is 936 g/mol. The molecule has 1 fully saturated rings. The molecule has 2 bridgehead atoms. The smallest absolute Gasteiger partial charge is 0.416 e. The molecule has 0 radical (unpaired) electrons. The van der Waals surface area contributed by atoms with Crippen molar-refractivity contribution in [1.82, 2.24) is 0 Å². The Bertz CT molecular complexity index is 1590. The first kappa shape index (κ1) is 47.1. The molecule has 2 aromatic carbocycles. The lowest BCUT2D eigenvalue weighted by atomic mass is 10.4. The van der Waals surface area contributed by atoms with Crippen LogP contribution in [0.1, 0.15) is 0 Å². The first-order valence-corrected chi connectivity index (χ1v) is 49.4. The zero-order valence-corrected chi connectivity index (χ0v) is 47.7. The summed E-state index contributed by atoms with van der Waals surface area (Å²) in [6, 6.07) is 20.4. The van der Waals surface area contributed by atoms with Gasteiger partial charge in [0, 0.05) is 23.6 Å². The minimum absolute atomic E-state index is 0.775. The Kier molecular flexibility index (Phi) is 13.8. The Morgan fingerprint density at radius 1 is 0.463 bits per heavy atom. The molecule has 0 aromatic heterocycles. The van der Waals surface area contributed by atoms with Gasteiger partial charge in [-0.05, 0) is 117 Å². The van der Waals surface area contributed by atoms with Crippen LogP contribution >= 0.6 is 0 Å². The van der Waals surface area contributed by atoms with Crippen molar-refractivity contribution in [3.8, 4) is 0 Å². The molecule has 1 spiro atoms. The minimum atomic E-state index is -4.09. The summed E-state index contributed by atoms with van der Waals surface area (Å²) in [6.07, 6.45) is 0. The number of rotatable bonds is 10. The molecule has 21 heteroatoms. The summed E-state index contributed by atoms with van der Waals surface area (Å²) in [5.41, 5.74) is 0. The summed E-state index contributed by atoms with van der Waals surface area (Å²) in [4.78, 5) is 0. The van der Waals surface area contributed by atoms with Gasteiger partial charge in [0.2, 0.25) is 0 Å². The maximum Gasteiger partial charge on any atom is 0.512 e. The molecule has 1 saturated heterocycles. The van der Waals surface area contributed by atoms with Crippen molar-refractivity contribution >= 4 is 109 Å². The third-order valence-electron chi connectivity index (χ3n) is 8.06. The van der Waals surface area contributed by atoms with Crippen molar-refractivity contribution in [3.05, 3.63) is 54.6 Å². The fraction of sp³-hybridized carbons (Fsp3) is 0.636. The Hall–Kier alpha value is 0.426. The molecule has 54 heavy (non-hydrogen) atoms. The summed E-state index contributed by atoms with van der Waals surface area (Å²) in [5.74, 6) is 0. The molecule has 3 unspecified atom stereocenters. The van der Waals surface area contributed by atoms with E-state index in [2.05, 4.69) is 155 Å². The average Bonchev–Trinajstić information content (AvgIpc) is 2.90. The van der Waals surface area contributed by atoms with Gasteiger partial charge < -0.3 is 41.2 Å². The molecule has 0 amide bonds. The van der Waals surface area contributed by atoms with Gasteiger partial charge in [0.15, 0.2) is 25.0 Å². The molecule has 0 aliphatic carbocycles. The second-order valence-electron chi connectivity index (χ2n) is 20.4. The topological polar surface area (TPSA) is 92.3 Å². The fourth-order valence-corrected chi connectivity index (χ4v) is 55.8. The number of benzene rings is 2. The van der Waals surface area contributed by atoms with Crippen LogP contribution in [0.15, 0.2) is 54.6 Å². The maximum atomic E-state index is 7.88. The van der Waals surface area contributed by atoms with E-state index >= 15 is 0 Å². The van der Waals surface area contributed by atoms with Crippen LogP contribution in [0.2, 0.25) is 136 Å². The van der Waals surface area contributed by atoms with Gasteiger partial charge in [-0.2, -0.15) is 0 Å². The van der Waals surface area contributed by atoms with Crippen LogP contribution in [0.4, 0.5) is 0 Å². The van der Waals surface area contributed by atoms with Gasteiger partial charge in [0.1, 0.15) is 0 Å². The second-order valence-corrected chi connectivity index (χ2v) is 63.1. The molecule has 3 atom stereocenters. The van der Waals surface area contributed by atoms with Gasteiger partial charge in [-0.15, -0.1) is 0 Å². The number of hydrogen-bond acceptors (Lipinski definition) is 10. The molecule has 0 N–H and O–H groups in total. The van der Waals surface area contributed by atoms with E-state index in [0.29, 0.717) is 0 Å². The summed E-state index contributed by atoms with van der Waals surface area (Å²) in [6.45, 7) is 41.6.